The maximum absolute atomic E-state index is 12.7. The number of rotatable bonds is 3. The number of carbonyl (C=O) groups excluding carboxylic acids is 2. The fourth-order valence-corrected chi connectivity index (χ4v) is 2.90. The van der Waals surface area contributed by atoms with Crippen molar-refractivity contribution in [1.82, 2.24) is 0 Å². The van der Waals surface area contributed by atoms with Crippen molar-refractivity contribution in [3.8, 4) is 0 Å². The fraction of sp³-hybridized carbons (Fsp3) is 0.500. The number of anilines is 1. The van der Waals surface area contributed by atoms with Gasteiger partial charge >= 0.3 is 18.2 Å². The average molecular weight is 415 g/mol. The van der Waals surface area contributed by atoms with E-state index in [1.165, 1.54) is 0 Å². The van der Waals surface area contributed by atoms with Crippen molar-refractivity contribution in [3.05, 3.63) is 23.8 Å². The molecule has 1 aromatic carbocycles. The van der Waals surface area contributed by atoms with E-state index >= 15 is 0 Å². The van der Waals surface area contributed by atoms with Crippen molar-refractivity contribution in [2.45, 2.75) is 57.6 Å². The van der Waals surface area contributed by atoms with Crippen LogP contribution in [0, 0.1) is 0 Å². The number of hydrogen-bond acceptors (Lipinski definition) is 7. The molecule has 0 aliphatic rings. The summed E-state index contributed by atoms with van der Waals surface area (Å²) in [4.78, 5) is 36.5. The van der Waals surface area contributed by atoms with Gasteiger partial charge in [-0.3, -0.25) is 0 Å². The number of imide groups is 1. The van der Waals surface area contributed by atoms with Crippen LogP contribution >= 0.6 is 0 Å². The molecule has 0 aromatic heterocycles. The Labute approximate surface area is 164 Å². The lowest BCUT2D eigenvalue weighted by atomic mass is 10.2. The maximum Gasteiger partial charge on any atom is 0.424 e. The number of ether oxygens (including phenoxy) is 2. The summed E-state index contributed by atoms with van der Waals surface area (Å²) in [5.41, 5.74) is -2.65. The number of carboxylic acids is 1. The summed E-state index contributed by atoms with van der Waals surface area (Å²) in [5, 5.41) is 9.14. The van der Waals surface area contributed by atoms with Gasteiger partial charge in [-0.2, -0.15) is 4.90 Å². The van der Waals surface area contributed by atoms with Crippen molar-refractivity contribution in [2.24, 2.45) is 0 Å². The Kier molecular flexibility index (Phi) is 6.51. The van der Waals surface area contributed by atoms with Crippen LogP contribution in [0.2, 0.25) is 0 Å². The quantitative estimate of drug-likeness (QED) is 0.795. The topological polar surface area (TPSA) is 127 Å². The third-order valence-corrected chi connectivity index (χ3v) is 4.13. The highest BCUT2D eigenvalue weighted by molar-refractivity contribution is 7.90. The minimum absolute atomic E-state index is 0.322. The number of carboxylic acid groups (broad SMARTS) is 1. The molecule has 1 N–H and O–H groups in total. The molecule has 10 heteroatoms. The molecule has 28 heavy (non-hydrogen) atoms. The van der Waals surface area contributed by atoms with Crippen LogP contribution in [-0.4, -0.2) is 49.1 Å². The number of sulfone groups is 1. The number of benzene rings is 1. The second-order valence-corrected chi connectivity index (χ2v) is 10.0. The molecular weight excluding hydrogens is 390 g/mol. The van der Waals surface area contributed by atoms with Crippen LogP contribution in [0.4, 0.5) is 15.3 Å². The van der Waals surface area contributed by atoms with Gasteiger partial charge in [0.25, 0.3) is 0 Å². The minimum Gasteiger partial charge on any atom is -0.478 e. The molecule has 0 fully saturated rings. The Morgan fingerprint density at radius 2 is 1.36 bits per heavy atom. The summed E-state index contributed by atoms with van der Waals surface area (Å²) in [7, 11) is -4.01. The number of aromatic carboxylic acids is 1. The van der Waals surface area contributed by atoms with E-state index in [0.29, 0.717) is 4.90 Å². The fourth-order valence-electron chi connectivity index (χ4n) is 2.02. The van der Waals surface area contributed by atoms with Crippen LogP contribution in [0.1, 0.15) is 51.9 Å². The largest absolute Gasteiger partial charge is 0.478 e. The lowest BCUT2D eigenvalue weighted by molar-refractivity contribution is 0.0429. The van der Waals surface area contributed by atoms with Crippen LogP contribution in [0.25, 0.3) is 0 Å². The van der Waals surface area contributed by atoms with Crippen molar-refractivity contribution in [3.63, 3.8) is 0 Å². The standard InChI is InChI=1S/C18H25NO8S/c1-17(2,3)26-15(22)19(16(23)27-18(4,5)6)12-9-8-11(14(20)21)10-13(12)28(7,24)25/h8-10H,1-7H3,(H,20,21). The summed E-state index contributed by atoms with van der Waals surface area (Å²) < 4.78 is 34.9. The Morgan fingerprint density at radius 3 is 1.68 bits per heavy atom. The first kappa shape index (κ1) is 23.4. The lowest BCUT2D eigenvalue weighted by Gasteiger charge is -2.29. The highest BCUT2D eigenvalue weighted by Crippen LogP contribution is 2.30. The van der Waals surface area contributed by atoms with Crippen LogP contribution < -0.4 is 4.90 Å². The Bertz CT molecular complexity index is 863. The molecule has 9 nitrogen and oxygen atoms in total. The summed E-state index contributed by atoms with van der Waals surface area (Å²) in [5.74, 6) is -1.36. The minimum atomic E-state index is -4.01. The highest BCUT2D eigenvalue weighted by atomic mass is 32.2. The van der Waals surface area contributed by atoms with Crippen molar-refractivity contribution in [1.29, 1.82) is 0 Å². The van der Waals surface area contributed by atoms with E-state index in [1.54, 1.807) is 41.5 Å². The first-order valence-corrected chi connectivity index (χ1v) is 10.1. The summed E-state index contributed by atoms with van der Waals surface area (Å²) in [6.07, 6.45) is -1.48. The van der Waals surface area contributed by atoms with Gasteiger partial charge in [-0.25, -0.2) is 22.8 Å². The SMILES string of the molecule is CC(C)(C)OC(=O)N(C(=O)OC(C)(C)C)c1ccc(C(=O)O)cc1S(C)(=O)=O. The zero-order valence-electron chi connectivity index (χ0n) is 16.9. The first-order valence-electron chi connectivity index (χ1n) is 8.26. The molecule has 0 spiro atoms. The van der Waals surface area contributed by atoms with E-state index in [9.17, 15) is 22.8 Å². The molecule has 0 atom stereocenters. The molecule has 0 aliphatic carbocycles. The van der Waals surface area contributed by atoms with Crippen LogP contribution in [0.3, 0.4) is 0 Å². The number of amides is 2. The van der Waals surface area contributed by atoms with Gasteiger partial charge in [-0.05, 0) is 59.7 Å². The van der Waals surface area contributed by atoms with Gasteiger partial charge in [-0.15, -0.1) is 0 Å². The Morgan fingerprint density at radius 1 is 0.929 bits per heavy atom. The monoisotopic (exact) mass is 415 g/mol. The normalized spacial score (nSPS) is 12.2. The molecule has 0 saturated heterocycles. The summed E-state index contributed by atoms with van der Waals surface area (Å²) in [6, 6.07) is 3.00. The van der Waals surface area contributed by atoms with Crippen molar-refractivity contribution < 1.29 is 37.4 Å². The van der Waals surface area contributed by atoms with E-state index in [1.807, 2.05) is 0 Å². The zero-order chi connectivity index (χ0) is 22.1. The van der Waals surface area contributed by atoms with Crippen molar-refractivity contribution in [2.75, 3.05) is 11.2 Å². The van der Waals surface area contributed by atoms with Crippen LogP contribution in [-0.2, 0) is 19.3 Å². The highest BCUT2D eigenvalue weighted by Gasteiger charge is 2.35. The second-order valence-electron chi connectivity index (χ2n) is 8.06. The molecule has 0 unspecified atom stereocenters. The smallest absolute Gasteiger partial charge is 0.424 e. The van der Waals surface area contributed by atoms with Gasteiger partial charge in [0.05, 0.1) is 16.1 Å². The summed E-state index contributed by atoms with van der Waals surface area (Å²) >= 11 is 0. The van der Waals surface area contributed by atoms with E-state index < -0.39 is 44.1 Å². The zero-order valence-corrected chi connectivity index (χ0v) is 17.7. The van der Waals surface area contributed by atoms with Gasteiger partial charge < -0.3 is 14.6 Å². The molecule has 0 radical (unpaired) electrons. The van der Waals surface area contributed by atoms with Gasteiger partial charge in [0, 0.05) is 6.26 Å². The predicted octanol–water partition coefficient (Wildman–Crippen LogP) is 3.46. The van der Waals surface area contributed by atoms with Crippen LogP contribution in [0.15, 0.2) is 23.1 Å². The predicted molar refractivity (Wildman–Crippen MR) is 101 cm³/mol. The number of carbonyl (C=O) groups is 3. The van der Waals surface area contributed by atoms with E-state index in [0.717, 1.165) is 24.5 Å². The molecule has 1 aromatic rings. The Balaban J connectivity index is 3.67. The molecule has 2 amide bonds. The van der Waals surface area contributed by atoms with E-state index in [4.69, 9.17) is 14.6 Å². The van der Waals surface area contributed by atoms with E-state index in [-0.39, 0.29) is 11.3 Å². The molecule has 1 rings (SSSR count). The Hall–Kier alpha value is -2.62. The summed E-state index contributed by atoms with van der Waals surface area (Å²) in [6.45, 7) is 9.44. The molecule has 0 bridgehead atoms. The van der Waals surface area contributed by atoms with Gasteiger partial charge in [0.1, 0.15) is 11.2 Å². The molecule has 0 saturated carbocycles. The average Bonchev–Trinajstić information content (AvgIpc) is 2.42. The number of hydrogen-bond donors (Lipinski definition) is 1. The number of nitrogens with zero attached hydrogens (tertiary/aromatic N) is 1. The molecule has 156 valence electrons. The first-order chi connectivity index (χ1) is 12.4. The maximum atomic E-state index is 12.7. The third-order valence-electron chi connectivity index (χ3n) is 3.00. The molecule has 0 aliphatic heterocycles. The molecule has 0 heterocycles. The van der Waals surface area contributed by atoms with Gasteiger partial charge in [-0.1, -0.05) is 0 Å². The van der Waals surface area contributed by atoms with Crippen LogP contribution in [0.5, 0.6) is 0 Å². The third kappa shape index (κ3) is 6.52. The molecular formula is C18H25NO8S. The van der Waals surface area contributed by atoms with Gasteiger partial charge in [0.2, 0.25) is 0 Å². The lowest BCUT2D eigenvalue weighted by Crippen LogP contribution is -2.44. The van der Waals surface area contributed by atoms with E-state index in [2.05, 4.69) is 0 Å². The van der Waals surface area contributed by atoms with Gasteiger partial charge in [0.15, 0.2) is 9.84 Å². The second kappa shape index (κ2) is 7.78. The van der Waals surface area contributed by atoms with Crippen molar-refractivity contribution >= 4 is 33.7 Å².